The van der Waals surface area contributed by atoms with E-state index in [4.69, 9.17) is 0 Å². The van der Waals surface area contributed by atoms with Crippen molar-refractivity contribution in [3.05, 3.63) is 57.0 Å². The number of carbonyl (C=O) groups is 4. The minimum Gasteiger partial charge on any atom is -0.480 e. The van der Waals surface area contributed by atoms with Crippen LogP contribution in [0.25, 0.3) is 35.5 Å². The molecule has 0 saturated heterocycles. The van der Waals surface area contributed by atoms with E-state index in [2.05, 4.69) is 55.4 Å². The molecule has 0 heterocycles. The van der Waals surface area contributed by atoms with E-state index in [1.165, 1.54) is 0 Å². The second-order valence-corrected chi connectivity index (χ2v) is 20.1. The van der Waals surface area contributed by atoms with Crippen molar-refractivity contribution < 1.29 is 39.6 Å². The Morgan fingerprint density at radius 3 is 0.750 bits per heavy atom. The van der Waals surface area contributed by atoms with Crippen molar-refractivity contribution in [3.63, 3.8) is 0 Å². The molecule has 64 heavy (non-hydrogen) atoms. The normalized spacial score (nSPS) is 25.7. The molecule has 0 aliphatic heterocycles. The third-order valence-corrected chi connectivity index (χ3v) is 16.2. The zero-order chi connectivity index (χ0) is 47.0. The Morgan fingerprint density at radius 1 is 0.391 bits per heavy atom. The maximum atomic E-state index is 14.3. The van der Waals surface area contributed by atoms with Gasteiger partial charge in [-0.05, 0) is 93.2 Å². The lowest BCUT2D eigenvalue weighted by Gasteiger charge is -2.48. The molecule has 8 unspecified atom stereocenters. The van der Waals surface area contributed by atoms with E-state index < -0.39 is 45.5 Å². The summed E-state index contributed by atoms with van der Waals surface area (Å²) in [5, 5.41) is 48.0. The summed E-state index contributed by atoms with van der Waals surface area (Å²) in [5.74, 6) is -4.16. The second kappa shape index (κ2) is 21.4. The van der Waals surface area contributed by atoms with Crippen LogP contribution in [-0.2, 0) is 19.2 Å². The number of fused-ring (bicyclic) bond motifs is 2. The topological polar surface area (TPSA) is 149 Å². The van der Waals surface area contributed by atoms with Crippen molar-refractivity contribution in [1.29, 1.82) is 0 Å². The van der Waals surface area contributed by atoms with E-state index in [9.17, 15) is 39.6 Å². The van der Waals surface area contributed by atoms with Gasteiger partial charge in [-0.2, -0.15) is 0 Å². The minimum atomic E-state index is -1.64. The highest BCUT2D eigenvalue weighted by molar-refractivity contribution is 6.08. The predicted molar refractivity (Wildman–Crippen MR) is 261 cm³/mol. The molecule has 0 radical (unpaired) electrons. The van der Waals surface area contributed by atoms with Gasteiger partial charge in [0.2, 0.25) is 0 Å². The highest BCUT2D eigenvalue weighted by atomic mass is 16.4. The first-order chi connectivity index (χ1) is 30.6. The van der Waals surface area contributed by atoms with Crippen molar-refractivity contribution in [3.8, 4) is 0 Å². The van der Waals surface area contributed by atoms with Gasteiger partial charge in [-0.15, -0.1) is 0 Å². The van der Waals surface area contributed by atoms with E-state index in [0.29, 0.717) is 43.8 Å². The number of benzene rings is 1. The third kappa shape index (κ3) is 9.02. The van der Waals surface area contributed by atoms with Crippen LogP contribution in [0, 0.1) is 45.3 Å². The van der Waals surface area contributed by atoms with Crippen LogP contribution in [0.2, 0.25) is 0 Å². The van der Waals surface area contributed by atoms with E-state index >= 15 is 0 Å². The average molecular weight is 881 g/mol. The van der Waals surface area contributed by atoms with Gasteiger partial charge in [0.25, 0.3) is 0 Å². The Labute approximate surface area is 383 Å². The van der Waals surface area contributed by atoms with Crippen LogP contribution in [0.3, 0.4) is 0 Å². The smallest absolute Gasteiger partial charge is 0.317 e. The van der Waals surface area contributed by atoms with Gasteiger partial charge in [-0.25, -0.2) is 0 Å². The van der Waals surface area contributed by atoms with Gasteiger partial charge in [-0.1, -0.05) is 207 Å². The van der Waals surface area contributed by atoms with Crippen LogP contribution in [0.15, 0.2) is 24.3 Å². The van der Waals surface area contributed by atoms with E-state index in [-0.39, 0.29) is 49.4 Å². The Kier molecular flexibility index (Phi) is 17.0. The van der Waals surface area contributed by atoms with Gasteiger partial charge in [0.15, 0.2) is 0 Å². The van der Waals surface area contributed by atoms with Crippen molar-refractivity contribution in [1.82, 2.24) is 0 Å². The summed E-state index contributed by atoms with van der Waals surface area (Å²) in [6.45, 7) is 16.8. The molecule has 1 aromatic carbocycles. The maximum Gasteiger partial charge on any atom is 0.317 e. The number of unbranched alkanes of at least 4 members (excludes halogenated alkanes) is 4. The van der Waals surface area contributed by atoms with E-state index in [1.54, 1.807) is 24.3 Å². The predicted octanol–water partition coefficient (Wildman–Crippen LogP) is 12.8. The number of hydrogen-bond acceptors (Lipinski definition) is 4. The molecular weight excluding hydrogens is 801 g/mol. The number of aliphatic carboxylic acids is 4. The standard InChI is InChI=1S/C56H80O8/c1-9-17-21-37(13-5)33-53(49(57)58)29-25-41-43-27-31-55(51(61)62,35-39(15-7)23-19-11-3)48-46(43)44(28-32-56(48,52(63)64)36-40(16-8)24-20-12-4)42-26-30-54(50(59)60,47(53)45(41)42)34-38(14-6)22-18-10-2/h25-32,37-40H,9-24,33-36H2,1-8H3,(H,57,58)(H,59,60)(H,61,62)(H,63,64). The molecule has 352 valence electrons. The molecule has 5 rings (SSSR count). The summed E-state index contributed by atoms with van der Waals surface area (Å²) in [5.41, 5.74) is -3.16. The minimum absolute atomic E-state index is 0.0270. The van der Waals surface area contributed by atoms with Gasteiger partial charge < -0.3 is 20.4 Å². The van der Waals surface area contributed by atoms with Crippen LogP contribution >= 0.6 is 0 Å². The fraction of sp³-hybridized carbons (Fsp3) is 0.643. The fourth-order valence-electron chi connectivity index (χ4n) is 12.3. The Bertz CT molecular complexity index is 1860. The Hall–Kier alpha value is -4.20. The number of carboxylic acids is 4. The fourth-order valence-corrected chi connectivity index (χ4v) is 12.3. The number of rotatable bonds is 28. The molecule has 0 bridgehead atoms. The molecule has 4 aliphatic carbocycles. The average Bonchev–Trinajstić information content (AvgIpc) is 3.28. The van der Waals surface area contributed by atoms with Gasteiger partial charge in [-0.3, -0.25) is 19.2 Å². The van der Waals surface area contributed by atoms with Gasteiger partial charge in [0.05, 0.1) is 0 Å². The Balaban J connectivity index is 2.06. The van der Waals surface area contributed by atoms with Crippen molar-refractivity contribution in [2.45, 2.75) is 184 Å². The molecule has 4 N–H and O–H groups in total. The molecule has 1 aromatic rings. The van der Waals surface area contributed by atoms with Crippen molar-refractivity contribution in [2.75, 3.05) is 0 Å². The molecule has 0 fully saturated rings. The Morgan fingerprint density at radius 2 is 0.594 bits per heavy atom. The lowest BCUT2D eigenvalue weighted by molar-refractivity contribution is -0.148. The van der Waals surface area contributed by atoms with Crippen LogP contribution in [0.1, 0.15) is 206 Å². The highest BCUT2D eigenvalue weighted by Crippen LogP contribution is 2.58. The zero-order valence-corrected chi connectivity index (χ0v) is 40.5. The molecule has 0 amide bonds. The van der Waals surface area contributed by atoms with Crippen molar-refractivity contribution >= 4 is 59.3 Å². The summed E-state index contributed by atoms with van der Waals surface area (Å²) in [4.78, 5) is 57.4. The molecular formula is C56H80O8. The lowest BCUT2D eigenvalue weighted by Crippen LogP contribution is -2.53. The summed E-state index contributed by atoms with van der Waals surface area (Å²) in [6.07, 6.45) is 29.4. The second-order valence-electron chi connectivity index (χ2n) is 20.1. The number of carboxylic acid groups (broad SMARTS) is 4. The molecule has 0 spiro atoms. The quantitative estimate of drug-likeness (QED) is 0.0650. The molecule has 8 nitrogen and oxygen atoms in total. The monoisotopic (exact) mass is 881 g/mol. The summed E-state index contributed by atoms with van der Waals surface area (Å²) >= 11 is 0. The molecule has 0 aromatic heterocycles. The maximum absolute atomic E-state index is 14.3. The summed E-state index contributed by atoms with van der Waals surface area (Å²) < 4.78 is 0. The molecule has 8 atom stereocenters. The zero-order valence-electron chi connectivity index (χ0n) is 40.5. The number of hydrogen-bond donors (Lipinski definition) is 4. The van der Waals surface area contributed by atoms with Crippen LogP contribution < -0.4 is 10.4 Å². The molecule has 0 saturated carbocycles. The molecule has 4 aliphatic rings. The van der Waals surface area contributed by atoms with Gasteiger partial charge in [0.1, 0.15) is 21.7 Å². The summed E-state index contributed by atoms with van der Waals surface area (Å²) in [6, 6.07) is 0. The van der Waals surface area contributed by atoms with Gasteiger partial charge in [0, 0.05) is 0 Å². The third-order valence-electron chi connectivity index (χ3n) is 16.2. The van der Waals surface area contributed by atoms with Crippen LogP contribution in [0.5, 0.6) is 0 Å². The first-order valence-electron chi connectivity index (χ1n) is 25.3. The van der Waals surface area contributed by atoms with E-state index in [1.807, 2.05) is 24.3 Å². The highest BCUT2D eigenvalue weighted by Gasteiger charge is 2.59. The molecule has 8 heteroatoms. The first kappa shape index (κ1) is 50.8. The lowest BCUT2D eigenvalue weighted by atomic mass is 9.53. The van der Waals surface area contributed by atoms with E-state index in [0.717, 1.165) is 103 Å². The SMILES string of the molecule is CCCCC(CC)CC1(C(=O)O)C=Cc2c3c4c(c5c2=C1C(CC(CC)CCCC)(C(=O)O)C=C5)C=CC(CC(CC)CCCC)(C(=O)O)C=4C(CC(CC)CCCC)(C(=O)O)C=C3. The first-order valence-corrected chi connectivity index (χ1v) is 25.3. The summed E-state index contributed by atoms with van der Waals surface area (Å²) in [7, 11) is 0. The van der Waals surface area contributed by atoms with Crippen molar-refractivity contribution in [2.24, 2.45) is 45.3 Å². The van der Waals surface area contributed by atoms with Gasteiger partial charge >= 0.3 is 23.9 Å². The van der Waals surface area contributed by atoms with Crippen LogP contribution in [-0.4, -0.2) is 44.3 Å². The largest absolute Gasteiger partial charge is 0.480 e. The van der Waals surface area contributed by atoms with Crippen LogP contribution in [0.4, 0.5) is 0 Å².